The standard InChI is InChI=1S/C20H20N2O8/c1-29-17(24)11-16(12-3-7-14(8-4-12)22(27)28)18(20(26)30-2)21-19(25)13-5-9-15(23)10-6-13/h3-10,16,18,23H,11H2,1-2H3,(H,21,25)/t16-,18-/m0/s1. The van der Waals surface area contributed by atoms with Gasteiger partial charge in [0.1, 0.15) is 11.8 Å². The Morgan fingerprint density at radius 3 is 2.13 bits per heavy atom. The number of carbonyl (C=O) groups is 3. The number of carbonyl (C=O) groups excluding carboxylic acids is 3. The Bertz CT molecular complexity index is 925. The Morgan fingerprint density at radius 1 is 1.03 bits per heavy atom. The summed E-state index contributed by atoms with van der Waals surface area (Å²) in [6.07, 6.45) is -0.288. The van der Waals surface area contributed by atoms with Crippen LogP contribution in [0.3, 0.4) is 0 Å². The highest BCUT2D eigenvalue weighted by Crippen LogP contribution is 2.27. The minimum absolute atomic E-state index is 0.0366. The highest BCUT2D eigenvalue weighted by molar-refractivity contribution is 5.97. The van der Waals surface area contributed by atoms with Crippen molar-refractivity contribution < 1.29 is 33.9 Å². The zero-order valence-electron chi connectivity index (χ0n) is 16.2. The van der Waals surface area contributed by atoms with Crippen molar-refractivity contribution in [3.8, 4) is 5.75 Å². The lowest BCUT2D eigenvalue weighted by Crippen LogP contribution is -2.46. The molecule has 0 aromatic heterocycles. The van der Waals surface area contributed by atoms with Gasteiger partial charge in [-0.3, -0.25) is 19.7 Å². The number of nitro benzene ring substituents is 1. The third kappa shape index (κ3) is 5.53. The number of rotatable bonds is 8. The Morgan fingerprint density at radius 2 is 1.63 bits per heavy atom. The van der Waals surface area contributed by atoms with Crippen LogP contribution >= 0.6 is 0 Å². The molecule has 0 fully saturated rings. The van der Waals surface area contributed by atoms with Gasteiger partial charge >= 0.3 is 11.9 Å². The Hall–Kier alpha value is -3.95. The van der Waals surface area contributed by atoms with Crippen molar-refractivity contribution in [2.45, 2.75) is 18.4 Å². The fourth-order valence-electron chi connectivity index (χ4n) is 2.82. The van der Waals surface area contributed by atoms with Crippen molar-refractivity contribution in [3.05, 3.63) is 69.8 Å². The molecule has 0 saturated heterocycles. The molecule has 0 aliphatic heterocycles. The number of nitrogens with zero attached hydrogens (tertiary/aromatic N) is 1. The predicted octanol–water partition coefficient (Wildman–Crippen LogP) is 1.92. The van der Waals surface area contributed by atoms with Crippen LogP contribution in [0.5, 0.6) is 5.75 Å². The number of nitrogens with one attached hydrogen (secondary N) is 1. The average Bonchev–Trinajstić information content (AvgIpc) is 2.75. The lowest BCUT2D eigenvalue weighted by atomic mass is 9.88. The van der Waals surface area contributed by atoms with Crippen LogP contribution in [0, 0.1) is 10.1 Å². The maximum Gasteiger partial charge on any atom is 0.329 e. The quantitative estimate of drug-likeness (QED) is 0.377. The number of amides is 1. The third-order valence-corrected chi connectivity index (χ3v) is 4.42. The number of phenols is 1. The minimum Gasteiger partial charge on any atom is -0.508 e. The molecule has 2 atom stereocenters. The topological polar surface area (TPSA) is 145 Å². The van der Waals surface area contributed by atoms with E-state index in [0.29, 0.717) is 5.56 Å². The summed E-state index contributed by atoms with van der Waals surface area (Å²) in [7, 11) is 2.31. The Kier molecular flexibility index (Phi) is 7.45. The molecule has 2 aromatic rings. The van der Waals surface area contributed by atoms with Gasteiger partial charge in [-0.1, -0.05) is 12.1 Å². The fraction of sp³-hybridized carbons (Fsp3) is 0.250. The van der Waals surface area contributed by atoms with Crippen LogP contribution < -0.4 is 5.32 Å². The van der Waals surface area contributed by atoms with E-state index in [0.717, 1.165) is 7.11 Å². The molecule has 10 heteroatoms. The van der Waals surface area contributed by atoms with Gasteiger partial charge < -0.3 is 19.9 Å². The third-order valence-electron chi connectivity index (χ3n) is 4.42. The van der Waals surface area contributed by atoms with E-state index in [9.17, 15) is 29.6 Å². The molecule has 2 aromatic carbocycles. The Balaban J connectivity index is 2.40. The van der Waals surface area contributed by atoms with Gasteiger partial charge in [0.25, 0.3) is 11.6 Å². The van der Waals surface area contributed by atoms with Gasteiger partial charge in [-0.2, -0.15) is 0 Å². The summed E-state index contributed by atoms with van der Waals surface area (Å²) < 4.78 is 9.48. The minimum atomic E-state index is -1.28. The van der Waals surface area contributed by atoms with E-state index < -0.39 is 34.7 Å². The van der Waals surface area contributed by atoms with Gasteiger partial charge in [0, 0.05) is 23.6 Å². The highest BCUT2D eigenvalue weighted by atomic mass is 16.6. The van der Waals surface area contributed by atoms with Crippen LogP contribution in [0.25, 0.3) is 0 Å². The molecule has 10 nitrogen and oxygen atoms in total. The number of phenolic OH excluding ortho intramolecular Hbond substituents is 1. The van der Waals surface area contributed by atoms with E-state index in [1.807, 2.05) is 0 Å². The smallest absolute Gasteiger partial charge is 0.329 e. The molecule has 0 aliphatic carbocycles. The van der Waals surface area contributed by atoms with Crippen molar-refractivity contribution >= 4 is 23.5 Å². The first-order valence-electron chi connectivity index (χ1n) is 8.75. The summed E-state index contributed by atoms with van der Waals surface area (Å²) in [5.74, 6) is -3.04. The molecule has 0 saturated carbocycles. The van der Waals surface area contributed by atoms with Gasteiger partial charge in [0.2, 0.25) is 0 Å². The summed E-state index contributed by atoms with van der Waals surface area (Å²) in [6.45, 7) is 0. The predicted molar refractivity (Wildman–Crippen MR) is 104 cm³/mol. The van der Waals surface area contributed by atoms with Crippen LogP contribution in [0.1, 0.15) is 28.3 Å². The second-order valence-corrected chi connectivity index (χ2v) is 6.26. The van der Waals surface area contributed by atoms with Crippen molar-refractivity contribution in [2.75, 3.05) is 14.2 Å². The van der Waals surface area contributed by atoms with Crippen LogP contribution in [0.15, 0.2) is 48.5 Å². The largest absolute Gasteiger partial charge is 0.508 e. The van der Waals surface area contributed by atoms with Gasteiger partial charge in [-0.15, -0.1) is 0 Å². The first-order chi connectivity index (χ1) is 14.3. The summed E-state index contributed by atoms with van der Waals surface area (Å²) >= 11 is 0. The maximum absolute atomic E-state index is 12.6. The maximum atomic E-state index is 12.6. The molecule has 1 amide bonds. The van der Waals surface area contributed by atoms with Crippen molar-refractivity contribution in [3.63, 3.8) is 0 Å². The number of methoxy groups -OCH3 is 2. The molecule has 0 heterocycles. The molecule has 0 radical (unpaired) electrons. The summed E-state index contributed by atoms with van der Waals surface area (Å²) in [5.41, 5.74) is 0.396. The first-order valence-corrected chi connectivity index (χ1v) is 8.75. The van der Waals surface area contributed by atoms with Gasteiger partial charge in [-0.25, -0.2) is 4.79 Å². The molecule has 0 unspecified atom stereocenters. The summed E-state index contributed by atoms with van der Waals surface area (Å²) in [4.78, 5) is 47.4. The second-order valence-electron chi connectivity index (χ2n) is 6.26. The molecule has 30 heavy (non-hydrogen) atoms. The molecule has 0 bridgehead atoms. The van der Waals surface area contributed by atoms with Gasteiger partial charge in [0.05, 0.1) is 25.6 Å². The average molecular weight is 416 g/mol. The van der Waals surface area contributed by atoms with E-state index in [1.165, 1.54) is 55.6 Å². The fourth-order valence-corrected chi connectivity index (χ4v) is 2.82. The van der Waals surface area contributed by atoms with E-state index in [4.69, 9.17) is 9.47 Å². The van der Waals surface area contributed by atoms with Crippen LogP contribution in [0.2, 0.25) is 0 Å². The first kappa shape index (κ1) is 22.3. The number of hydrogen-bond acceptors (Lipinski definition) is 8. The van der Waals surface area contributed by atoms with E-state index in [1.54, 1.807) is 0 Å². The number of non-ortho nitro benzene ring substituents is 1. The Labute approximate surface area is 171 Å². The highest BCUT2D eigenvalue weighted by Gasteiger charge is 2.34. The number of hydrogen-bond donors (Lipinski definition) is 2. The number of esters is 2. The van der Waals surface area contributed by atoms with Crippen LogP contribution in [0.4, 0.5) is 5.69 Å². The van der Waals surface area contributed by atoms with E-state index in [2.05, 4.69) is 5.32 Å². The molecule has 2 rings (SSSR count). The number of aromatic hydroxyl groups is 1. The zero-order chi connectivity index (χ0) is 22.3. The van der Waals surface area contributed by atoms with Crippen molar-refractivity contribution in [2.24, 2.45) is 0 Å². The van der Waals surface area contributed by atoms with Gasteiger partial charge in [-0.05, 0) is 29.8 Å². The summed E-state index contributed by atoms with van der Waals surface area (Å²) in [6, 6.07) is 9.32. The lowest BCUT2D eigenvalue weighted by Gasteiger charge is -2.26. The van der Waals surface area contributed by atoms with Crippen LogP contribution in [-0.2, 0) is 19.1 Å². The molecule has 0 spiro atoms. The van der Waals surface area contributed by atoms with E-state index in [-0.39, 0.29) is 23.4 Å². The van der Waals surface area contributed by atoms with Crippen LogP contribution in [-0.4, -0.2) is 48.1 Å². The number of nitro groups is 1. The van der Waals surface area contributed by atoms with Crippen molar-refractivity contribution in [1.82, 2.24) is 5.32 Å². The van der Waals surface area contributed by atoms with Crippen molar-refractivity contribution in [1.29, 1.82) is 0 Å². The molecular formula is C20H20N2O8. The monoisotopic (exact) mass is 416 g/mol. The molecule has 2 N–H and O–H groups in total. The molecule has 158 valence electrons. The number of benzene rings is 2. The number of ether oxygens (including phenoxy) is 2. The molecular weight excluding hydrogens is 396 g/mol. The molecule has 0 aliphatic rings. The SMILES string of the molecule is COC(=O)C[C@@H](c1ccc([N+](=O)[O-])cc1)[C@H](NC(=O)c1ccc(O)cc1)C(=O)OC. The second kappa shape index (κ2) is 10.0. The summed E-state index contributed by atoms with van der Waals surface area (Å²) in [5, 5.41) is 22.8. The lowest BCUT2D eigenvalue weighted by molar-refractivity contribution is -0.384. The normalized spacial score (nSPS) is 12.3. The van der Waals surface area contributed by atoms with E-state index >= 15 is 0 Å². The zero-order valence-corrected chi connectivity index (χ0v) is 16.2. The van der Waals surface area contributed by atoms with Gasteiger partial charge in [0.15, 0.2) is 0 Å².